The van der Waals surface area contributed by atoms with Crippen LogP contribution < -0.4 is 15.4 Å². The number of anilines is 2. The molecule has 0 unspecified atom stereocenters. The minimum Gasteiger partial charge on any atom is -0.464 e. The van der Waals surface area contributed by atoms with Gasteiger partial charge in [-0.2, -0.15) is 15.0 Å². The lowest BCUT2D eigenvalue weighted by Crippen LogP contribution is -2.11. The Bertz CT molecular complexity index is 534. The van der Waals surface area contributed by atoms with Crippen LogP contribution in [0.15, 0.2) is 24.5 Å². The fourth-order valence-electron chi connectivity index (χ4n) is 1.61. The summed E-state index contributed by atoms with van der Waals surface area (Å²) in [4.78, 5) is 16.5. The Kier molecular flexibility index (Phi) is 5.05. The summed E-state index contributed by atoms with van der Waals surface area (Å²) in [5, 5.41) is 6.05. The zero-order chi connectivity index (χ0) is 14.2. The standard InChI is InChI=1S/C13H18N6O/c1-3-20-13-18-11(14-2)17-12(19-13)16-9-6-10-4-7-15-8-5-10/h4-5,7-8H,3,6,9H2,1-2H3,(H2,14,16,17,18,19). The summed E-state index contributed by atoms with van der Waals surface area (Å²) in [5.41, 5.74) is 1.21. The molecule has 0 bridgehead atoms. The van der Waals surface area contributed by atoms with Crippen molar-refractivity contribution >= 4 is 11.9 Å². The molecular weight excluding hydrogens is 256 g/mol. The van der Waals surface area contributed by atoms with E-state index in [0.717, 1.165) is 13.0 Å². The maximum absolute atomic E-state index is 5.30. The van der Waals surface area contributed by atoms with E-state index in [4.69, 9.17) is 4.74 Å². The lowest BCUT2D eigenvalue weighted by atomic mass is 10.2. The average molecular weight is 274 g/mol. The van der Waals surface area contributed by atoms with Gasteiger partial charge in [0.1, 0.15) is 0 Å². The van der Waals surface area contributed by atoms with Crippen molar-refractivity contribution in [1.29, 1.82) is 0 Å². The first kappa shape index (κ1) is 14.0. The van der Waals surface area contributed by atoms with Gasteiger partial charge in [0, 0.05) is 26.0 Å². The van der Waals surface area contributed by atoms with Crippen molar-refractivity contribution < 1.29 is 4.74 Å². The van der Waals surface area contributed by atoms with E-state index in [9.17, 15) is 0 Å². The van der Waals surface area contributed by atoms with Gasteiger partial charge in [-0.1, -0.05) is 0 Å². The SMILES string of the molecule is CCOc1nc(NC)nc(NCCc2ccncc2)n1. The van der Waals surface area contributed by atoms with Gasteiger partial charge in [-0.3, -0.25) is 4.98 Å². The maximum atomic E-state index is 5.30. The molecule has 0 aliphatic rings. The quantitative estimate of drug-likeness (QED) is 0.788. The Balaban J connectivity index is 1.96. The van der Waals surface area contributed by atoms with E-state index in [0.29, 0.717) is 24.5 Å². The third-order valence-corrected chi connectivity index (χ3v) is 2.56. The van der Waals surface area contributed by atoms with Crippen LogP contribution in [-0.4, -0.2) is 40.1 Å². The van der Waals surface area contributed by atoms with Crippen LogP contribution in [0.25, 0.3) is 0 Å². The molecule has 0 atom stereocenters. The number of rotatable bonds is 7. The van der Waals surface area contributed by atoms with Gasteiger partial charge in [0.05, 0.1) is 6.61 Å². The van der Waals surface area contributed by atoms with Crippen LogP contribution in [-0.2, 0) is 6.42 Å². The third-order valence-electron chi connectivity index (χ3n) is 2.56. The molecule has 0 spiro atoms. The van der Waals surface area contributed by atoms with Crippen LogP contribution in [0, 0.1) is 0 Å². The van der Waals surface area contributed by atoms with Gasteiger partial charge in [-0.25, -0.2) is 0 Å². The highest BCUT2D eigenvalue weighted by molar-refractivity contribution is 5.35. The second-order valence-electron chi connectivity index (χ2n) is 3.98. The predicted molar refractivity (Wildman–Crippen MR) is 77.0 cm³/mol. The summed E-state index contributed by atoms with van der Waals surface area (Å²) in [6.07, 6.45) is 4.43. The first-order valence-corrected chi connectivity index (χ1v) is 6.51. The van der Waals surface area contributed by atoms with Crippen molar-refractivity contribution in [3.05, 3.63) is 30.1 Å². The van der Waals surface area contributed by atoms with Crippen molar-refractivity contribution in [3.8, 4) is 6.01 Å². The zero-order valence-corrected chi connectivity index (χ0v) is 11.6. The number of ether oxygens (including phenoxy) is 1. The van der Waals surface area contributed by atoms with E-state index in [1.165, 1.54) is 5.56 Å². The minimum absolute atomic E-state index is 0.318. The number of nitrogens with zero attached hydrogens (tertiary/aromatic N) is 4. The van der Waals surface area contributed by atoms with Crippen LogP contribution in [0.1, 0.15) is 12.5 Å². The molecule has 0 aromatic carbocycles. The molecule has 7 nitrogen and oxygen atoms in total. The van der Waals surface area contributed by atoms with E-state index in [-0.39, 0.29) is 0 Å². The topological polar surface area (TPSA) is 84.9 Å². The molecule has 7 heteroatoms. The van der Waals surface area contributed by atoms with Crippen LogP contribution >= 0.6 is 0 Å². The van der Waals surface area contributed by atoms with Crippen LogP contribution in [0.5, 0.6) is 6.01 Å². The van der Waals surface area contributed by atoms with Crippen LogP contribution in [0.4, 0.5) is 11.9 Å². The average Bonchev–Trinajstić information content (AvgIpc) is 2.48. The smallest absolute Gasteiger partial charge is 0.323 e. The summed E-state index contributed by atoms with van der Waals surface area (Å²) in [7, 11) is 1.76. The summed E-state index contributed by atoms with van der Waals surface area (Å²) in [6.45, 7) is 3.13. The molecule has 2 rings (SSSR count). The van der Waals surface area contributed by atoms with Crippen molar-refractivity contribution in [2.45, 2.75) is 13.3 Å². The Hall–Kier alpha value is -2.44. The second kappa shape index (κ2) is 7.22. The largest absolute Gasteiger partial charge is 0.464 e. The van der Waals surface area contributed by atoms with Crippen LogP contribution in [0.2, 0.25) is 0 Å². The number of pyridine rings is 1. The van der Waals surface area contributed by atoms with Gasteiger partial charge in [0.15, 0.2) is 0 Å². The molecule has 0 saturated carbocycles. The second-order valence-corrected chi connectivity index (χ2v) is 3.98. The molecule has 20 heavy (non-hydrogen) atoms. The Labute approximate surface area is 117 Å². The maximum Gasteiger partial charge on any atom is 0.323 e. The fraction of sp³-hybridized carbons (Fsp3) is 0.385. The fourth-order valence-corrected chi connectivity index (χ4v) is 1.61. The lowest BCUT2D eigenvalue weighted by Gasteiger charge is -2.08. The van der Waals surface area contributed by atoms with Crippen molar-refractivity contribution in [2.24, 2.45) is 0 Å². The summed E-state index contributed by atoms with van der Waals surface area (Å²) >= 11 is 0. The van der Waals surface area contributed by atoms with Gasteiger partial charge in [0.25, 0.3) is 0 Å². The molecule has 0 aliphatic heterocycles. The Morgan fingerprint density at radius 2 is 1.85 bits per heavy atom. The third kappa shape index (κ3) is 4.04. The van der Waals surface area contributed by atoms with Gasteiger partial charge < -0.3 is 15.4 Å². The first-order chi connectivity index (χ1) is 9.81. The molecule has 2 heterocycles. The van der Waals surface area contributed by atoms with Gasteiger partial charge in [0.2, 0.25) is 11.9 Å². The Morgan fingerprint density at radius 3 is 2.55 bits per heavy atom. The molecule has 0 amide bonds. The summed E-state index contributed by atoms with van der Waals surface area (Å²) < 4.78 is 5.30. The molecule has 2 aromatic heterocycles. The van der Waals surface area contributed by atoms with Crippen LogP contribution in [0.3, 0.4) is 0 Å². The Morgan fingerprint density at radius 1 is 1.10 bits per heavy atom. The summed E-state index contributed by atoms with van der Waals surface area (Å²) in [6, 6.07) is 4.29. The van der Waals surface area contributed by atoms with Crippen molar-refractivity contribution in [1.82, 2.24) is 19.9 Å². The molecule has 0 radical (unpaired) electrons. The van der Waals surface area contributed by atoms with Gasteiger partial charge in [-0.15, -0.1) is 0 Å². The minimum atomic E-state index is 0.318. The predicted octanol–water partition coefficient (Wildman–Crippen LogP) is 1.36. The molecule has 0 fully saturated rings. The number of nitrogens with one attached hydrogen (secondary N) is 2. The molecule has 2 N–H and O–H groups in total. The van der Waals surface area contributed by atoms with E-state index < -0.39 is 0 Å². The van der Waals surface area contributed by atoms with Crippen molar-refractivity contribution in [3.63, 3.8) is 0 Å². The molecule has 0 saturated heterocycles. The zero-order valence-electron chi connectivity index (χ0n) is 11.6. The number of hydrogen-bond acceptors (Lipinski definition) is 7. The molecular formula is C13H18N6O. The van der Waals surface area contributed by atoms with E-state index >= 15 is 0 Å². The number of hydrogen-bond donors (Lipinski definition) is 2. The summed E-state index contributed by atoms with van der Waals surface area (Å²) in [5.74, 6) is 0.983. The lowest BCUT2D eigenvalue weighted by molar-refractivity contribution is 0.312. The van der Waals surface area contributed by atoms with E-state index in [1.807, 2.05) is 19.1 Å². The van der Waals surface area contributed by atoms with E-state index in [1.54, 1.807) is 19.4 Å². The monoisotopic (exact) mass is 274 g/mol. The van der Waals surface area contributed by atoms with Crippen molar-refractivity contribution in [2.75, 3.05) is 30.8 Å². The normalized spacial score (nSPS) is 10.1. The van der Waals surface area contributed by atoms with Gasteiger partial charge >= 0.3 is 6.01 Å². The molecule has 106 valence electrons. The highest BCUT2D eigenvalue weighted by Crippen LogP contribution is 2.10. The molecule has 0 aliphatic carbocycles. The van der Waals surface area contributed by atoms with E-state index in [2.05, 4.69) is 30.6 Å². The highest BCUT2D eigenvalue weighted by Gasteiger charge is 2.05. The van der Waals surface area contributed by atoms with Gasteiger partial charge in [-0.05, 0) is 31.0 Å². The highest BCUT2D eigenvalue weighted by atomic mass is 16.5. The molecule has 2 aromatic rings. The number of aromatic nitrogens is 4. The first-order valence-electron chi connectivity index (χ1n) is 6.51.